The lowest BCUT2D eigenvalue weighted by atomic mass is 10.1. The fraction of sp³-hybridized carbons (Fsp3) is 0.400. The van der Waals surface area contributed by atoms with Gasteiger partial charge in [-0.05, 0) is 26.8 Å². The molecule has 23 heavy (non-hydrogen) atoms. The summed E-state index contributed by atoms with van der Waals surface area (Å²) in [5, 5.41) is 2.74. The molecule has 0 aliphatic rings. The van der Waals surface area contributed by atoms with Crippen molar-refractivity contribution in [2.45, 2.75) is 37.3 Å². The van der Waals surface area contributed by atoms with Gasteiger partial charge in [0.15, 0.2) is 11.5 Å². The molecular weight excluding hydrogens is 375 g/mol. The highest BCUT2D eigenvalue weighted by Crippen LogP contribution is 2.36. The second-order valence-corrected chi connectivity index (χ2v) is 7.03. The summed E-state index contributed by atoms with van der Waals surface area (Å²) < 4.78 is 39.8. The summed E-state index contributed by atoms with van der Waals surface area (Å²) in [6.45, 7) is 5.18. The standard InChI is InChI=1S/C15H15BrF3N3O/c1-14(2,3)22-13-12(15(17,18)19)20-10-6-4-5-8(9(16)7-23)11(10)21-13/h4-7,9H,1-3H3,(H,21,22). The summed E-state index contributed by atoms with van der Waals surface area (Å²) in [5.74, 6) is -0.351. The van der Waals surface area contributed by atoms with E-state index in [1.807, 2.05) is 0 Å². The summed E-state index contributed by atoms with van der Waals surface area (Å²) in [4.78, 5) is 18.2. The number of anilines is 1. The van der Waals surface area contributed by atoms with E-state index in [1.54, 1.807) is 32.9 Å². The fourth-order valence-electron chi connectivity index (χ4n) is 2.03. The zero-order valence-corrected chi connectivity index (χ0v) is 14.3. The van der Waals surface area contributed by atoms with Crippen molar-refractivity contribution in [3.8, 4) is 0 Å². The Hall–Kier alpha value is -1.70. The number of hydrogen-bond acceptors (Lipinski definition) is 4. The number of halogens is 4. The largest absolute Gasteiger partial charge is 0.437 e. The number of alkyl halides is 4. The van der Waals surface area contributed by atoms with E-state index in [9.17, 15) is 18.0 Å². The number of fused-ring (bicyclic) bond motifs is 1. The SMILES string of the molecule is CC(C)(C)Nc1nc2c(C(Br)C=O)cccc2nc1C(F)(F)F. The number of nitrogens with zero attached hydrogens (tertiary/aromatic N) is 2. The third-order valence-electron chi connectivity index (χ3n) is 2.90. The maximum atomic E-state index is 13.3. The first-order valence-corrected chi connectivity index (χ1v) is 7.70. The molecule has 2 rings (SSSR count). The fourth-order valence-corrected chi connectivity index (χ4v) is 2.40. The van der Waals surface area contributed by atoms with Crippen molar-refractivity contribution in [3.63, 3.8) is 0 Å². The summed E-state index contributed by atoms with van der Waals surface area (Å²) in [6, 6.07) is 4.60. The Morgan fingerprint density at radius 3 is 2.39 bits per heavy atom. The van der Waals surface area contributed by atoms with Crippen LogP contribution in [-0.4, -0.2) is 21.8 Å². The van der Waals surface area contributed by atoms with E-state index in [1.165, 1.54) is 6.07 Å². The van der Waals surface area contributed by atoms with E-state index in [0.717, 1.165) is 0 Å². The predicted octanol–water partition coefficient (Wildman–Crippen LogP) is 4.49. The molecule has 1 aromatic carbocycles. The predicted molar refractivity (Wildman–Crippen MR) is 85.6 cm³/mol. The Morgan fingerprint density at radius 1 is 1.22 bits per heavy atom. The molecule has 0 aliphatic heterocycles. The van der Waals surface area contributed by atoms with Crippen LogP contribution in [0.5, 0.6) is 0 Å². The van der Waals surface area contributed by atoms with Crippen molar-refractivity contribution in [2.24, 2.45) is 0 Å². The third-order valence-corrected chi connectivity index (χ3v) is 3.61. The van der Waals surface area contributed by atoms with Gasteiger partial charge in [0.1, 0.15) is 6.29 Å². The first-order valence-electron chi connectivity index (χ1n) is 6.78. The van der Waals surface area contributed by atoms with Crippen LogP contribution in [0.15, 0.2) is 18.2 Å². The van der Waals surface area contributed by atoms with Gasteiger partial charge in [0.05, 0.1) is 15.9 Å². The zero-order chi connectivity index (χ0) is 17.4. The maximum Gasteiger partial charge on any atom is 0.437 e. The van der Waals surface area contributed by atoms with Gasteiger partial charge >= 0.3 is 6.18 Å². The first-order chi connectivity index (χ1) is 10.5. The van der Waals surface area contributed by atoms with Crippen LogP contribution >= 0.6 is 15.9 Å². The molecule has 4 nitrogen and oxygen atoms in total. The van der Waals surface area contributed by atoms with Crippen LogP contribution in [0.25, 0.3) is 11.0 Å². The van der Waals surface area contributed by atoms with E-state index in [4.69, 9.17) is 0 Å². The molecule has 0 spiro atoms. The lowest BCUT2D eigenvalue weighted by Crippen LogP contribution is -2.29. The van der Waals surface area contributed by atoms with Gasteiger partial charge < -0.3 is 10.1 Å². The number of carbonyl (C=O) groups excluding carboxylic acids is 1. The monoisotopic (exact) mass is 389 g/mol. The smallest absolute Gasteiger partial charge is 0.364 e. The van der Waals surface area contributed by atoms with Crippen LogP contribution < -0.4 is 5.32 Å². The van der Waals surface area contributed by atoms with Gasteiger partial charge in [0, 0.05) is 11.1 Å². The normalized spacial score (nSPS) is 13.9. The van der Waals surface area contributed by atoms with Crippen molar-refractivity contribution >= 4 is 39.1 Å². The Kier molecular flexibility index (Phi) is 4.66. The van der Waals surface area contributed by atoms with Crippen LogP contribution in [0.1, 0.15) is 36.9 Å². The molecule has 0 saturated heterocycles. The number of para-hydroxylation sites is 1. The topological polar surface area (TPSA) is 54.9 Å². The van der Waals surface area contributed by atoms with Crippen molar-refractivity contribution in [1.82, 2.24) is 9.97 Å². The molecule has 0 aliphatic carbocycles. The number of aromatic nitrogens is 2. The van der Waals surface area contributed by atoms with Gasteiger partial charge in [-0.1, -0.05) is 28.1 Å². The minimum atomic E-state index is -4.64. The number of carbonyl (C=O) groups is 1. The maximum absolute atomic E-state index is 13.3. The third kappa shape index (κ3) is 3.99. The highest BCUT2D eigenvalue weighted by molar-refractivity contribution is 9.09. The van der Waals surface area contributed by atoms with E-state index < -0.39 is 22.2 Å². The zero-order valence-electron chi connectivity index (χ0n) is 12.7. The lowest BCUT2D eigenvalue weighted by molar-refractivity contribution is -0.140. The Labute approximate surface area is 139 Å². The Balaban J connectivity index is 2.76. The summed E-state index contributed by atoms with van der Waals surface area (Å²) in [7, 11) is 0. The molecule has 8 heteroatoms. The van der Waals surface area contributed by atoms with Gasteiger partial charge in [-0.25, -0.2) is 9.97 Å². The molecule has 1 aromatic heterocycles. The highest BCUT2D eigenvalue weighted by Gasteiger charge is 2.38. The lowest BCUT2D eigenvalue weighted by Gasteiger charge is -2.24. The molecule has 1 heterocycles. The minimum Gasteiger partial charge on any atom is -0.364 e. The van der Waals surface area contributed by atoms with E-state index in [0.29, 0.717) is 11.8 Å². The quantitative estimate of drug-likeness (QED) is 0.620. The van der Waals surface area contributed by atoms with Gasteiger partial charge in [0.25, 0.3) is 0 Å². The second-order valence-electron chi connectivity index (χ2n) is 6.05. The number of aldehydes is 1. The Morgan fingerprint density at radius 2 is 1.87 bits per heavy atom. The molecular formula is C15H15BrF3N3O. The number of rotatable bonds is 3. The number of nitrogens with one attached hydrogen (secondary N) is 1. The van der Waals surface area contributed by atoms with E-state index >= 15 is 0 Å². The van der Waals surface area contributed by atoms with Gasteiger partial charge in [-0.3, -0.25) is 0 Å². The molecule has 0 fully saturated rings. The second kappa shape index (κ2) is 6.07. The number of benzene rings is 1. The minimum absolute atomic E-state index is 0.0839. The van der Waals surface area contributed by atoms with Crippen LogP contribution in [-0.2, 0) is 11.0 Å². The molecule has 0 saturated carbocycles. The van der Waals surface area contributed by atoms with Gasteiger partial charge in [-0.2, -0.15) is 13.2 Å². The Bertz CT molecular complexity index is 741. The van der Waals surface area contributed by atoms with Crippen molar-refractivity contribution < 1.29 is 18.0 Å². The average Bonchev–Trinajstić information content (AvgIpc) is 2.42. The van der Waals surface area contributed by atoms with Crippen molar-refractivity contribution in [3.05, 3.63) is 29.5 Å². The van der Waals surface area contributed by atoms with Gasteiger partial charge in [-0.15, -0.1) is 0 Å². The van der Waals surface area contributed by atoms with Crippen molar-refractivity contribution in [1.29, 1.82) is 0 Å². The van der Waals surface area contributed by atoms with E-state index in [2.05, 4.69) is 31.2 Å². The molecule has 0 bridgehead atoms. The summed E-state index contributed by atoms with van der Waals surface area (Å²) in [5.41, 5.74) is -0.901. The average molecular weight is 390 g/mol. The molecule has 1 N–H and O–H groups in total. The number of hydrogen-bond donors (Lipinski definition) is 1. The van der Waals surface area contributed by atoms with Crippen molar-refractivity contribution in [2.75, 3.05) is 5.32 Å². The summed E-state index contributed by atoms with van der Waals surface area (Å²) >= 11 is 3.17. The highest BCUT2D eigenvalue weighted by atomic mass is 79.9. The van der Waals surface area contributed by atoms with Gasteiger partial charge in [0.2, 0.25) is 0 Å². The van der Waals surface area contributed by atoms with Crippen LogP contribution in [0, 0.1) is 0 Å². The molecule has 0 amide bonds. The molecule has 0 radical (unpaired) electrons. The first kappa shape index (κ1) is 17.7. The molecule has 124 valence electrons. The van der Waals surface area contributed by atoms with Crippen LogP contribution in [0.4, 0.5) is 19.0 Å². The summed E-state index contributed by atoms with van der Waals surface area (Å²) in [6.07, 6.45) is -3.99. The molecule has 1 unspecified atom stereocenters. The molecule has 2 aromatic rings. The van der Waals surface area contributed by atoms with Crippen LogP contribution in [0.3, 0.4) is 0 Å². The van der Waals surface area contributed by atoms with Crippen LogP contribution in [0.2, 0.25) is 0 Å². The van der Waals surface area contributed by atoms with E-state index in [-0.39, 0.29) is 16.9 Å². The molecule has 1 atom stereocenters.